The lowest BCUT2D eigenvalue weighted by molar-refractivity contribution is 0.416. The minimum atomic E-state index is -0.210. The van der Waals surface area contributed by atoms with Crippen LogP contribution in [-0.4, -0.2) is 7.05 Å². The van der Waals surface area contributed by atoms with Crippen LogP contribution in [0.3, 0.4) is 0 Å². The summed E-state index contributed by atoms with van der Waals surface area (Å²) >= 11 is 3.27. The minimum Gasteiger partial charge on any atom is -0.453 e. The molecule has 17 heavy (non-hydrogen) atoms. The van der Waals surface area contributed by atoms with E-state index < -0.39 is 0 Å². The Labute approximate surface area is 108 Å². The SMILES string of the molecule is CNC(Cc1cccc(F)c1)c1ccc(Br)o1. The molecular weight excluding hydrogens is 285 g/mol. The zero-order valence-electron chi connectivity index (χ0n) is 9.41. The first-order valence-electron chi connectivity index (χ1n) is 5.36. The van der Waals surface area contributed by atoms with Crippen molar-refractivity contribution in [3.8, 4) is 0 Å². The molecule has 0 spiro atoms. The number of halogens is 2. The van der Waals surface area contributed by atoms with Gasteiger partial charge in [0, 0.05) is 0 Å². The summed E-state index contributed by atoms with van der Waals surface area (Å²) in [4.78, 5) is 0. The molecule has 1 heterocycles. The summed E-state index contributed by atoms with van der Waals surface area (Å²) in [5.74, 6) is 0.626. The number of benzene rings is 1. The Bertz CT molecular complexity index is 498. The standard InChI is InChI=1S/C13H13BrFNO/c1-16-11(12-5-6-13(14)17-12)8-9-3-2-4-10(15)7-9/h2-7,11,16H,8H2,1H3. The van der Waals surface area contributed by atoms with Crippen LogP contribution in [0.4, 0.5) is 4.39 Å². The molecule has 0 bridgehead atoms. The number of rotatable bonds is 4. The minimum absolute atomic E-state index is 0.0445. The van der Waals surface area contributed by atoms with E-state index in [4.69, 9.17) is 4.42 Å². The fourth-order valence-corrected chi connectivity index (χ4v) is 2.08. The van der Waals surface area contributed by atoms with Crippen molar-refractivity contribution in [2.45, 2.75) is 12.5 Å². The van der Waals surface area contributed by atoms with E-state index in [1.807, 2.05) is 25.2 Å². The predicted molar refractivity (Wildman–Crippen MR) is 68.3 cm³/mol. The molecule has 0 radical (unpaired) electrons. The van der Waals surface area contributed by atoms with Crippen molar-refractivity contribution in [3.05, 3.63) is 58.2 Å². The Kier molecular flexibility index (Phi) is 3.97. The Morgan fingerprint density at radius 1 is 1.35 bits per heavy atom. The van der Waals surface area contributed by atoms with Gasteiger partial charge in [-0.05, 0) is 59.2 Å². The maximum absolute atomic E-state index is 13.1. The molecule has 2 nitrogen and oxygen atoms in total. The summed E-state index contributed by atoms with van der Waals surface area (Å²) in [5, 5.41) is 3.16. The zero-order valence-corrected chi connectivity index (χ0v) is 11.0. The van der Waals surface area contributed by atoms with Crippen LogP contribution < -0.4 is 5.32 Å². The number of likely N-dealkylation sites (N-methyl/N-ethyl adjacent to an activating group) is 1. The molecule has 2 aromatic rings. The van der Waals surface area contributed by atoms with Gasteiger partial charge < -0.3 is 9.73 Å². The molecule has 0 aliphatic rings. The average Bonchev–Trinajstić information content (AvgIpc) is 2.73. The van der Waals surface area contributed by atoms with Crippen LogP contribution in [0.25, 0.3) is 0 Å². The highest BCUT2D eigenvalue weighted by Crippen LogP contribution is 2.23. The number of hydrogen-bond acceptors (Lipinski definition) is 2. The van der Waals surface area contributed by atoms with Gasteiger partial charge in [-0.2, -0.15) is 0 Å². The van der Waals surface area contributed by atoms with Gasteiger partial charge in [0.1, 0.15) is 11.6 Å². The van der Waals surface area contributed by atoms with E-state index in [0.717, 1.165) is 11.3 Å². The number of hydrogen-bond donors (Lipinski definition) is 1. The fraction of sp³-hybridized carbons (Fsp3) is 0.231. The third-order valence-electron chi connectivity index (χ3n) is 2.61. The van der Waals surface area contributed by atoms with Gasteiger partial charge in [0.05, 0.1) is 6.04 Å². The largest absolute Gasteiger partial charge is 0.453 e. The van der Waals surface area contributed by atoms with Crippen LogP contribution >= 0.6 is 15.9 Å². The third-order valence-corrected chi connectivity index (χ3v) is 3.04. The summed E-state index contributed by atoms with van der Waals surface area (Å²) in [6.07, 6.45) is 0.689. The Morgan fingerprint density at radius 3 is 2.76 bits per heavy atom. The van der Waals surface area contributed by atoms with E-state index in [1.54, 1.807) is 12.1 Å². The van der Waals surface area contributed by atoms with Crippen molar-refractivity contribution in [1.82, 2.24) is 5.32 Å². The van der Waals surface area contributed by atoms with Gasteiger partial charge in [-0.3, -0.25) is 0 Å². The quantitative estimate of drug-likeness (QED) is 0.931. The first-order valence-corrected chi connectivity index (χ1v) is 6.15. The van der Waals surface area contributed by atoms with Crippen molar-refractivity contribution >= 4 is 15.9 Å². The van der Waals surface area contributed by atoms with Crippen molar-refractivity contribution in [2.75, 3.05) is 7.05 Å². The molecule has 0 saturated carbocycles. The van der Waals surface area contributed by atoms with Crippen LogP contribution in [0.1, 0.15) is 17.4 Å². The second-order valence-corrected chi connectivity index (χ2v) is 4.60. The summed E-state index contributed by atoms with van der Waals surface area (Å²) in [6, 6.07) is 10.4. The first kappa shape index (κ1) is 12.3. The Balaban J connectivity index is 2.15. The van der Waals surface area contributed by atoms with Crippen molar-refractivity contribution in [2.24, 2.45) is 0 Å². The van der Waals surface area contributed by atoms with Gasteiger partial charge in [-0.15, -0.1) is 0 Å². The highest BCUT2D eigenvalue weighted by atomic mass is 79.9. The molecule has 90 valence electrons. The lowest BCUT2D eigenvalue weighted by atomic mass is 10.0. The van der Waals surface area contributed by atoms with Gasteiger partial charge in [0.15, 0.2) is 4.67 Å². The summed E-state index contributed by atoms with van der Waals surface area (Å²) in [6.45, 7) is 0. The average molecular weight is 298 g/mol. The fourth-order valence-electron chi connectivity index (χ4n) is 1.76. The zero-order chi connectivity index (χ0) is 12.3. The lowest BCUT2D eigenvalue weighted by Crippen LogP contribution is -2.18. The van der Waals surface area contributed by atoms with E-state index in [1.165, 1.54) is 6.07 Å². The van der Waals surface area contributed by atoms with Crippen LogP contribution in [0.15, 0.2) is 45.5 Å². The predicted octanol–water partition coefficient (Wildman–Crippen LogP) is 3.68. The van der Waals surface area contributed by atoms with Crippen LogP contribution in [-0.2, 0) is 6.42 Å². The Morgan fingerprint density at radius 2 is 2.18 bits per heavy atom. The van der Waals surface area contributed by atoms with Crippen molar-refractivity contribution < 1.29 is 8.81 Å². The molecule has 4 heteroatoms. The smallest absolute Gasteiger partial charge is 0.169 e. The molecule has 1 unspecified atom stereocenters. The summed E-state index contributed by atoms with van der Waals surface area (Å²) < 4.78 is 19.3. The molecule has 0 amide bonds. The normalized spacial score (nSPS) is 12.6. The third kappa shape index (κ3) is 3.17. The Hall–Kier alpha value is -1.13. The molecular formula is C13H13BrFNO. The van der Waals surface area contributed by atoms with Gasteiger partial charge in [0.25, 0.3) is 0 Å². The number of furan rings is 1. The van der Waals surface area contributed by atoms with E-state index in [0.29, 0.717) is 11.1 Å². The summed E-state index contributed by atoms with van der Waals surface area (Å²) in [7, 11) is 1.86. The molecule has 0 saturated heterocycles. The molecule has 0 fully saturated rings. The van der Waals surface area contributed by atoms with E-state index in [9.17, 15) is 4.39 Å². The van der Waals surface area contributed by atoms with Gasteiger partial charge in [-0.25, -0.2) is 4.39 Å². The van der Waals surface area contributed by atoms with Crippen molar-refractivity contribution in [1.29, 1.82) is 0 Å². The molecule has 0 aliphatic heterocycles. The van der Waals surface area contributed by atoms with Gasteiger partial charge in [0.2, 0.25) is 0 Å². The number of nitrogens with one attached hydrogen (secondary N) is 1. The molecule has 1 N–H and O–H groups in total. The highest BCUT2D eigenvalue weighted by molar-refractivity contribution is 9.10. The van der Waals surface area contributed by atoms with Gasteiger partial charge in [-0.1, -0.05) is 12.1 Å². The molecule has 1 aromatic heterocycles. The molecule has 1 aromatic carbocycles. The molecule has 2 rings (SSSR count). The van der Waals surface area contributed by atoms with E-state index >= 15 is 0 Å². The monoisotopic (exact) mass is 297 g/mol. The second kappa shape index (κ2) is 5.47. The van der Waals surface area contributed by atoms with E-state index in [-0.39, 0.29) is 11.9 Å². The second-order valence-electron chi connectivity index (χ2n) is 3.82. The van der Waals surface area contributed by atoms with Crippen LogP contribution in [0.2, 0.25) is 0 Å². The van der Waals surface area contributed by atoms with Crippen LogP contribution in [0.5, 0.6) is 0 Å². The van der Waals surface area contributed by atoms with Gasteiger partial charge >= 0.3 is 0 Å². The maximum atomic E-state index is 13.1. The molecule has 0 aliphatic carbocycles. The first-order chi connectivity index (χ1) is 8.19. The lowest BCUT2D eigenvalue weighted by Gasteiger charge is -2.13. The topological polar surface area (TPSA) is 25.2 Å². The maximum Gasteiger partial charge on any atom is 0.169 e. The summed E-state index contributed by atoms with van der Waals surface area (Å²) in [5.41, 5.74) is 0.942. The van der Waals surface area contributed by atoms with Crippen molar-refractivity contribution in [3.63, 3.8) is 0 Å². The van der Waals surface area contributed by atoms with E-state index in [2.05, 4.69) is 21.2 Å². The van der Waals surface area contributed by atoms with Crippen LogP contribution in [0, 0.1) is 5.82 Å². The highest BCUT2D eigenvalue weighted by Gasteiger charge is 2.14. The molecule has 1 atom stereocenters.